The maximum absolute atomic E-state index is 9.55. The lowest BCUT2D eigenvalue weighted by Gasteiger charge is -2.40. The lowest BCUT2D eigenvalue weighted by atomic mass is 9.87. The molecule has 1 saturated heterocycles. The van der Waals surface area contributed by atoms with E-state index in [-0.39, 0.29) is 6.61 Å². The van der Waals surface area contributed by atoms with Crippen molar-refractivity contribution in [3.63, 3.8) is 0 Å². The zero-order valence-corrected chi connectivity index (χ0v) is 8.29. The van der Waals surface area contributed by atoms with Crippen LogP contribution in [0.1, 0.15) is 19.8 Å². The molecule has 1 rings (SSSR count). The summed E-state index contributed by atoms with van der Waals surface area (Å²) in [6.07, 6.45) is 1.62. The van der Waals surface area contributed by atoms with Gasteiger partial charge >= 0.3 is 0 Å². The topological polar surface area (TPSA) is 61.7 Å². The Balaban J connectivity index is 2.14. The smallest absolute Gasteiger partial charge is 0.0864 e. The van der Waals surface area contributed by atoms with E-state index in [4.69, 9.17) is 9.84 Å². The number of methoxy groups -OCH3 is 1. The molecule has 4 nitrogen and oxygen atoms in total. The Bertz CT molecular complexity index is 155. The third kappa shape index (κ3) is 3.23. The molecule has 0 bridgehead atoms. The summed E-state index contributed by atoms with van der Waals surface area (Å²) in [7, 11) is 1.68. The summed E-state index contributed by atoms with van der Waals surface area (Å²) in [4.78, 5) is 0. The number of rotatable bonds is 5. The first-order valence-electron chi connectivity index (χ1n) is 4.65. The molecule has 1 aliphatic heterocycles. The highest BCUT2D eigenvalue weighted by Crippen LogP contribution is 2.21. The molecule has 0 aromatic rings. The van der Waals surface area contributed by atoms with Gasteiger partial charge in [-0.25, -0.2) is 0 Å². The van der Waals surface area contributed by atoms with Crippen LogP contribution in [0.3, 0.4) is 0 Å². The Labute approximate surface area is 78.9 Å². The molecule has 3 N–H and O–H groups in total. The summed E-state index contributed by atoms with van der Waals surface area (Å²) in [5.41, 5.74) is -0.949. The summed E-state index contributed by atoms with van der Waals surface area (Å²) in [5, 5.41) is 21.7. The van der Waals surface area contributed by atoms with Gasteiger partial charge in [-0.1, -0.05) is 0 Å². The van der Waals surface area contributed by atoms with Crippen LogP contribution in [0.4, 0.5) is 0 Å². The van der Waals surface area contributed by atoms with Crippen molar-refractivity contribution in [3.8, 4) is 0 Å². The SMILES string of the molecule is COCC1CC(CC(C)(O)CO)N1. The Hall–Kier alpha value is -0.160. The molecular weight excluding hydrogens is 170 g/mol. The van der Waals surface area contributed by atoms with Crippen molar-refractivity contribution in [1.82, 2.24) is 5.32 Å². The summed E-state index contributed by atoms with van der Waals surface area (Å²) in [5.74, 6) is 0. The van der Waals surface area contributed by atoms with E-state index in [2.05, 4.69) is 5.32 Å². The van der Waals surface area contributed by atoms with Crippen molar-refractivity contribution in [2.75, 3.05) is 20.3 Å². The molecular formula is C9H19NO3. The lowest BCUT2D eigenvalue weighted by molar-refractivity contribution is -0.0261. The first kappa shape index (κ1) is 10.9. The minimum absolute atomic E-state index is 0.180. The third-order valence-electron chi connectivity index (χ3n) is 2.44. The van der Waals surface area contributed by atoms with E-state index >= 15 is 0 Å². The highest BCUT2D eigenvalue weighted by molar-refractivity contribution is 4.92. The molecule has 3 unspecified atom stereocenters. The van der Waals surface area contributed by atoms with Gasteiger partial charge in [-0.2, -0.15) is 0 Å². The quantitative estimate of drug-likeness (QED) is 0.545. The maximum Gasteiger partial charge on any atom is 0.0864 e. The number of nitrogens with one attached hydrogen (secondary N) is 1. The van der Waals surface area contributed by atoms with Crippen LogP contribution in [-0.4, -0.2) is 48.2 Å². The minimum atomic E-state index is -0.949. The van der Waals surface area contributed by atoms with Crippen LogP contribution in [0.5, 0.6) is 0 Å². The second-order valence-electron chi connectivity index (χ2n) is 4.11. The molecule has 13 heavy (non-hydrogen) atoms. The fourth-order valence-corrected chi connectivity index (χ4v) is 1.71. The van der Waals surface area contributed by atoms with E-state index in [1.807, 2.05) is 0 Å². The van der Waals surface area contributed by atoms with Crippen LogP contribution in [0, 0.1) is 0 Å². The number of hydrogen-bond acceptors (Lipinski definition) is 4. The number of aliphatic hydroxyl groups is 2. The van der Waals surface area contributed by atoms with Crippen LogP contribution >= 0.6 is 0 Å². The van der Waals surface area contributed by atoms with E-state index in [0.717, 1.165) is 13.0 Å². The molecule has 0 aromatic heterocycles. The molecule has 0 aromatic carbocycles. The van der Waals surface area contributed by atoms with Crippen molar-refractivity contribution in [1.29, 1.82) is 0 Å². The van der Waals surface area contributed by atoms with Gasteiger partial charge in [0.1, 0.15) is 0 Å². The number of hydrogen-bond donors (Lipinski definition) is 3. The van der Waals surface area contributed by atoms with Crippen LogP contribution in [0.25, 0.3) is 0 Å². The first-order valence-corrected chi connectivity index (χ1v) is 4.65. The molecule has 0 amide bonds. The van der Waals surface area contributed by atoms with Crippen molar-refractivity contribution in [2.45, 2.75) is 37.5 Å². The molecule has 4 heteroatoms. The summed E-state index contributed by atoms with van der Waals surface area (Å²) in [6.45, 7) is 2.19. The minimum Gasteiger partial charge on any atom is -0.393 e. The van der Waals surface area contributed by atoms with Gasteiger partial charge in [0, 0.05) is 19.2 Å². The van der Waals surface area contributed by atoms with Gasteiger partial charge in [-0.05, 0) is 19.8 Å². The van der Waals surface area contributed by atoms with E-state index < -0.39 is 5.60 Å². The van der Waals surface area contributed by atoms with E-state index in [0.29, 0.717) is 18.5 Å². The fraction of sp³-hybridized carbons (Fsp3) is 1.00. The molecule has 0 radical (unpaired) electrons. The largest absolute Gasteiger partial charge is 0.393 e. The molecule has 1 heterocycles. The monoisotopic (exact) mass is 189 g/mol. The fourth-order valence-electron chi connectivity index (χ4n) is 1.71. The standard InChI is InChI=1S/C9H19NO3/c1-9(12,6-11)4-7-3-8(10-7)5-13-2/h7-8,10-12H,3-6H2,1-2H3. The van der Waals surface area contributed by atoms with E-state index in [9.17, 15) is 5.11 Å². The summed E-state index contributed by atoms with van der Waals surface area (Å²) < 4.78 is 4.98. The van der Waals surface area contributed by atoms with Gasteiger partial charge in [-0.15, -0.1) is 0 Å². The molecule has 78 valence electrons. The summed E-state index contributed by atoms with van der Waals surface area (Å²) in [6, 6.07) is 0.742. The van der Waals surface area contributed by atoms with E-state index in [1.54, 1.807) is 14.0 Å². The Morgan fingerprint density at radius 2 is 2.15 bits per heavy atom. The molecule has 0 aliphatic carbocycles. The second kappa shape index (κ2) is 4.37. The molecule has 1 aliphatic rings. The molecule has 0 saturated carbocycles. The van der Waals surface area contributed by atoms with Crippen LogP contribution in [0.2, 0.25) is 0 Å². The molecule has 0 spiro atoms. The highest BCUT2D eigenvalue weighted by Gasteiger charge is 2.33. The van der Waals surface area contributed by atoms with Crippen molar-refractivity contribution in [2.24, 2.45) is 0 Å². The van der Waals surface area contributed by atoms with Gasteiger partial charge in [0.15, 0.2) is 0 Å². The maximum atomic E-state index is 9.55. The zero-order valence-electron chi connectivity index (χ0n) is 8.29. The predicted octanol–water partition coefficient (Wildman–Crippen LogP) is -0.503. The van der Waals surface area contributed by atoms with Crippen LogP contribution < -0.4 is 5.32 Å². The molecule has 1 fully saturated rings. The van der Waals surface area contributed by atoms with Gasteiger partial charge in [0.05, 0.1) is 18.8 Å². The van der Waals surface area contributed by atoms with Gasteiger partial charge in [-0.3, -0.25) is 0 Å². The number of ether oxygens (including phenoxy) is 1. The van der Waals surface area contributed by atoms with Crippen LogP contribution in [-0.2, 0) is 4.74 Å². The Morgan fingerprint density at radius 1 is 1.54 bits per heavy atom. The summed E-state index contributed by atoms with van der Waals surface area (Å²) >= 11 is 0. The van der Waals surface area contributed by atoms with Crippen molar-refractivity contribution in [3.05, 3.63) is 0 Å². The molecule has 3 atom stereocenters. The number of aliphatic hydroxyl groups excluding tert-OH is 1. The van der Waals surface area contributed by atoms with Gasteiger partial charge in [0.2, 0.25) is 0 Å². The Kier molecular flexibility index (Phi) is 3.67. The Morgan fingerprint density at radius 3 is 2.62 bits per heavy atom. The third-order valence-corrected chi connectivity index (χ3v) is 2.44. The lowest BCUT2D eigenvalue weighted by Crippen LogP contribution is -2.57. The van der Waals surface area contributed by atoms with Crippen molar-refractivity contribution >= 4 is 0 Å². The second-order valence-corrected chi connectivity index (χ2v) is 4.11. The normalized spacial score (nSPS) is 32.3. The first-order chi connectivity index (χ1) is 6.07. The van der Waals surface area contributed by atoms with E-state index in [1.165, 1.54) is 0 Å². The predicted molar refractivity (Wildman–Crippen MR) is 49.5 cm³/mol. The van der Waals surface area contributed by atoms with Crippen LogP contribution in [0.15, 0.2) is 0 Å². The highest BCUT2D eigenvalue weighted by atomic mass is 16.5. The average molecular weight is 189 g/mol. The van der Waals surface area contributed by atoms with Crippen molar-refractivity contribution < 1.29 is 14.9 Å². The van der Waals surface area contributed by atoms with Gasteiger partial charge in [0.25, 0.3) is 0 Å². The van der Waals surface area contributed by atoms with Gasteiger partial charge < -0.3 is 20.3 Å². The zero-order chi connectivity index (χ0) is 9.90. The average Bonchev–Trinajstić information content (AvgIpc) is 2.01.